The van der Waals surface area contributed by atoms with Crippen LogP contribution in [0.1, 0.15) is 11.5 Å². The third-order valence-corrected chi connectivity index (χ3v) is 2.51. The lowest BCUT2D eigenvalue weighted by molar-refractivity contribution is -0.145. The molecule has 4 N–H and O–H groups in total. The number of rotatable bonds is 5. The molecule has 0 fully saturated rings. The summed E-state index contributed by atoms with van der Waals surface area (Å²) in [4.78, 5) is 22.7. The highest BCUT2D eigenvalue weighted by Crippen LogP contribution is 2.20. The maximum absolute atomic E-state index is 12.0. The molecule has 20 heavy (non-hydrogen) atoms. The first kappa shape index (κ1) is 16.0. The van der Waals surface area contributed by atoms with Gasteiger partial charge in [-0.3, -0.25) is 9.59 Å². The van der Waals surface area contributed by atoms with Crippen LogP contribution in [0, 0.1) is 0 Å². The summed E-state index contributed by atoms with van der Waals surface area (Å²) in [5, 5.41) is 11.2. The zero-order chi connectivity index (χ0) is 15.3. The third kappa shape index (κ3) is 4.54. The van der Waals surface area contributed by atoms with Crippen molar-refractivity contribution >= 4 is 11.8 Å². The van der Waals surface area contributed by atoms with E-state index in [0.29, 0.717) is 0 Å². The number of benzene rings is 1. The molecule has 1 rings (SSSR count). The van der Waals surface area contributed by atoms with Crippen LogP contribution in [0.3, 0.4) is 0 Å². The van der Waals surface area contributed by atoms with E-state index in [9.17, 15) is 27.9 Å². The van der Waals surface area contributed by atoms with Gasteiger partial charge >= 0.3 is 6.18 Å². The van der Waals surface area contributed by atoms with E-state index in [2.05, 4.69) is 0 Å². The van der Waals surface area contributed by atoms with E-state index in [1.54, 1.807) is 18.2 Å². The molecule has 0 saturated carbocycles. The Kier molecular flexibility index (Phi) is 5.09. The third-order valence-electron chi connectivity index (χ3n) is 2.51. The number of hydrogen-bond donors (Lipinski definition) is 3. The number of carbonyl (C=O) groups excluding carboxylic acids is 2. The van der Waals surface area contributed by atoms with Crippen LogP contribution < -0.4 is 11.1 Å². The Morgan fingerprint density at radius 3 is 2.25 bits per heavy atom. The molecule has 1 aromatic rings. The van der Waals surface area contributed by atoms with Crippen molar-refractivity contribution in [3.63, 3.8) is 0 Å². The first-order valence-corrected chi connectivity index (χ1v) is 5.59. The van der Waals surface area contributed by atoms with Gasteiger partial charge in [0.25, 0.3) is 0 Å². The predicted octanol–water partition coefficient (Wildman–Crippen LogP) is 0.295. The number of aliphatic hydroxyl groups excluding tert-OH is 1. The summed E-state index contributed by atoms with van der Waals surface area (Å²) in [6, 6.07) is 7.61. The van der Waals surface area contributed by atoms with Gasteiger partial charge in [0, 0.05) is 0 Å². The van der Waals surface area contributed by atoms with Gasteiger partial charge in [-0.15, -0.1) is 0 Å². The molecule has 0 aliphatic heterocycles. The normalized spacial score (nSPS) is 14.4. The Hall–Kier alpha value is -2.09. The fraction of sp³-hybridized carbons (Fsp3) is 0.333. The molecule has 5 nitrogen and oxygen atoms in total. The Morgan fingerprint density at radius 1 is 1.25 bits per heavy atom. The van der Waals surface area contributed by atoms with E-state index in [-0.39, 0.29) is 5.56 Å². The van der Waals surface area contributed by atoms with Crippen LogP contribution in [0.2, 0.25) is 0 Å². The van der Waals surface area contributed by atoms with Crippen molar-refractivity contribution in [1.29, 1.82) is 0 Å². The second-order valence-corrected chi connectivity index (χ2v) is 4.07. The van der Waals surface area contributed by atoms with Gasteiger partial charge in [-0.1, -0.05) is 30.3 Å². The molecule has 0 aromatic heterocycles. The molecule has 2 unspecified atom stereocenters. The molecule has 0 aliphatic carbocycles. The molecule has 0 bridgehead atoms. The van der Waals surface area contributed by atoms with Crippen LogP contribution in [-0.4, -0.2) is 35.7 Å². The van der Waals surface area contributed by atoms with Crippen LogP contribution in [0.15, 0.2) is 30.3 Å². The van der Waals surface area contributed by atoms with Gasteiger partial charge in [0.1, 0.15) is 12.6 Å². The fourth-order valence-electron chi connectivity index (χ4n) is 1.61. The minimum atomic E-state index is -4.61. The SMILES string of the molecule is NC(=O)C(c1ccccc1)C(O)C(=O)NCC(F)(F)F. The number of carbonyl (C=O) groups is 2. The van der Waals surface area contributed by atoms with Crippen molar-refractivity contribution in [2.75, 3.05) is 6.54 Å². The van der Waals surface area contributed by atoms with Crippen LogP contribution in [0.4, 0.5) is 13.2 Å². The number of nitrogens with one attached hydrogen (secondary N) is 1. The second kappa shape index (κ2) is 6.38. The minimum absolute atomic E-state index is 0.245. The van der Waals surface area contributed by atoms with E-state index in [4.69, 9.17) is 5.73 Å². The molecule has 0 heterocycles. The molecular formula is C12H13F3N2O3. The van der Waals surface area contributed by atoms with Crippen molar-refractivity contribution in [2.24, 2.45) is 5.73 Å². The lowest BCUT2D eigenvalue weighted by atomic mass is 9.92. The van der Waals surface area contributed by atoms with Crippen molar-refractivity contribution in [3.05, 3.63) is 35.9 Å². The molecule has 0 aliphatic rings. The van der Waals surface area contributed by atoms with Crippen LogP contribution in [0.5, 0.6) is 0 Å². The molecule has 110 valence electrons. The highest BCUT2D eigenvalue weighted by Gasteiger charge is 2.34. The van der Waals surface area contributed by atoms with Gasteiger partial charge in [-0.25, -0.2) is 0 Å². The van der Waals surface area contributed by atoms with Gasteiger partial charge in [-0.05, 0) is 5.56 Å². The molecule has 0 spiro atoms. The van der Waals surface area contributed by atoms with E-state index in [0.717, 1.165) is 0 Å². The molecule has 0 saturated heterocycles. The number of halogens is 3. The van der Waals surface area contributed by atoms with E-state index in [1.807, 2.05) is 0 Å². The number of primary amides is 1. The Labute approximate surface area is 112 Å². The molecule has 2 atom stereocenters. The lowest BCUT2D eigenvalue weighted by Gasteiger charge is -2.20. The smallest absolute Gasteiger partial charge is 0.382 e. The zero-order valence-electron chi connectivity index (χ0n) is 10.2. The molecule has 0 radical (unpaired) electrons. The fourth-order valence-corrected chi connectivity index (χ4v) is 1.61. The molecule has 8 heteroatoms. The minimum Gasteiger partial charge on any atom is -0.382 e. The molecule has 2 amide bonds. The maximum atomic E-state index is 12.0. The lowest BCUT2D eigenvalue weighted by Crippen LogP contribution is -2.45. The number of alkyl halides is 3. The zero-order valence-corrected chi connectivity index (χ0v) is 10.2. The van der Waals surface area contributed by atoms with Crippen molar-refractivity contribution < 1.29 is 27.9 Å². The van der Waals surface area contributed by atoms with Crippen molar-refractivity contribution in [3.8, 4) is 0 Å². The summed E-state index contributed by atoms with van der Waals surface area (Å²) in [7, 11) is 0. The molecule has 1 aromatic carbocycles. The maximum Gasteiger partial charge on any atom is 0.405 e. The summed E-state index contributed by atoms with van der Waals surface area (Å²) in [6.45, 7) is -1.59. The van der Waals surface area contributed by atoms with Gasteiger partial charge in [0.05, 0.1) is 5.92 Å². The molecular weight excluding hydrogens is 277 g/mol. The van der Waals surface area contributed by atoms with E-state index < -0.39 is 36.6 Å². The summed E-state index contributed by atoms with van der Waals surface area (Å²) in [5.74, 6) is -3.73. The number of hydrogen-bond acceptors (Lipinski definition) is 3. The van der Waals surface area contributed by atoms with E-state index in [1.165, 1.54) is 17.4 Å². The standard InChI is InChI=1S/C12H13F3N2O3/c13-12(14,15)6-17-11(20)9(18)8(10(16)19)7-4-2-1-3-5-7/h1-5,8-9,18H,6H2,(H2,16,19)(H,17,20). The first-order chi connectivity index (χ1) is 9.22. The monoisotopic (exact) mass is 290 g/mol. The van der Waals surface area contributed by atoms with Gasteiger partial charge in [-0.2, -0.15) is 13.2 Å². The highest BCUT2D eigenvalue weighted by atomic mass is 19.4. The average molecular weight is 290 g/mol. The first-order valence-electron chi connectivity index (χ1n) is 5.59. The number of amides is 2. The number of aliphatic hydroxyl groups is 1. The Balaban J connectivity index is 2.83. The van der Waals surface area contributed by atoms with Gasteiger partial charge in [0.2, 0.25) is 11.8 Å². The summed E-state index contributed by atoms with van der Waals surface area (Å²) in [5.41, 5.74) is 5.33. The van der Waals surface area contributed by atoms with Crippen LogP contribution >= 0.6 is 0 Å². The summed E-state index contributed by atoms with van der Waals surface area (Å²) < 4.78 is 35.9. The van der Waals surface area contributed by atoms with Gasteiger partial charge in [0.15, 0.2) is 0 Å². The van der Waals surface area contributed by atoms with Gasteiger partial charge < -0.3 is 16.2 Å². The quantitative estimate of drug-likeness (QED) is 0.728. The van der Waals surface area contributed by atoms with Crippen molar-refractivity contribution in [1.82, 2.24) is 5.32 Å². The van der Waals surface area contributed by atoms with Crippen LogP contribution in [0.25, 0.3) is 0 Å². The summed E-state index contributed by atoms with van der Waals surface area (Å²) in [6.07, 6.45) is -6.60. The highest BCUT2D eigenvalue weighted by molar-refractivity contribution is 5.92. The number of nitrogens with two attached hydrogens (primary N) is 1. The second-order valence-electron chi connectivity index (χ2n) is 4.07. The average Bonchev–Trinajstić information content (AvgIpc) is 2.36. The van der Waals surface area contributed by atoms with Crippen molar-refractivity contribution in [2.45, 2.75) is 18.2 Å². The predicted molar refractivity (Wildman–Crippen MR) is 63.4 cm³/mol. The van der Waals surface area contributed by atoms with Crippen LogP contribution in [-0.2, 0) is 9.59 Å². The summed E-state index contributed by atoms with van der Waals surface area (Å²) >= 11 is 0. The van der Waals surface area contributed by atoms with E-state index >= 15 is 0 Å². The Bertz CT molecular complexity index is 477. The largest absolute Gasteiger partial charge is 0.405 e. The Morgan fingerprint density at radius 2 is 1.80 bits per heavy atom. The topological polar surface area (TPSA) is 92.4 Å².